The lowest BCUT2D eigenvalue weighted by molar-refractivity contribution is -0.136. The third-order valence-electron chi connectivity index (χ3n) is 8.15. The number of hydrogen-bond acceptors (Lipinski definition) is 6. The van der Waals surface area contributed by atoms with Crippen LogP contribution in [-0.4, -0.2) is 96.3 Å². The van der Waals surface area contributed by atoms with Crippen LogP contribution < -0.4 is 10.6 Å². The molecule has 0 aromatic heterocycles. The number of carbonyl (C=O) groups is 3. The summed E-state index contributed by atoms with van der Waals surface area (Å²) in [6.07, 6.45) is 14.4. The van der Waals surface area contributed by atoms with E-state index < -0.39 is 42.0 Å². The van der Waals surface area contributed by atoms with E-state index in [1.807, 2.05) is 49.3 Å². The van der Waals surface area contributed by atoms with Gasteiger partial charge in [0.2, 0.25) is 17.7 Å². The van der Waals surface area contributed by atoms with Gasteiger partial charge in [0.15, 0.2) is 0 Å². The van der Waals surface area contributed by atoms with Gasteiger partial charge in [0.25, 0.3) is 0 Å². The van der Waals surface area contributed by atoms with E-state index in [4.69, 9.17) is 12.8 Å². The maximum atomic E-state index is 13.6. The fourth-order valence-electron chi connectivity index (χ4n) is 5.47. The third kappa shape index (κ3) is 12.8. The molecule has 43 heavy (non-hydrogen) atoms. The number of aliphatic hydroxyl groups excluding tert-OH is 2. The number of rotatable bonds is 17. The molecule has 3 amide bonds. The van der Waals surface area contributed by atoms with E-state index in [1.165, 1.54) is 0 Å². The Hall–Kier alpha value is -3.37. The Morgan fingerprint density at radius 2 is 1.58 bits per heavy atom. The zero-order valence-electron chi connectivity index (χ0n) is 26.0. The molecular weight excluding hydrogens is 544 g/mol. The van der Waals surface area contributed by atoms with Crippen molar-refractivity contribution in [2.45, 2.75) is 88.5 Å². The van der Waals surface area contributed by atoms with Gasteiger partial charge in [-0.05, 0) is 38.4 Å². The molecule has 1 aromatic rings. The van der Waals surface area contributed by atoms with Crippen LogP contribution in [0.5, 0.6) is 0 Å². The van der Waals surface area contributed by atoms with Crippen LogP contribution in [0.2, 0.25) is 0 Å². The van der Waals surface area contributed by atoms with Crippen molar-refractivity contribution < 1.29 is 24.6 Å². The van der Waals surface area contributed by atoms with Crippen LogP contribution in [0.1, 0.15) is 63.4 Å². The molecule has 1 aromatic carbocycles. The van der Waals surface area contributed by atoms with Crippen molar-refractivity contribution in [2.75, 3.05) is 34.2 Å². The highest BCUT2D eigenvalue weighted by molar-refractivity contribution is 5.91. The molecule has 5 atom stereocenters. The van der Waals surface area contributed by atoms with Crippen molar-refractivity contribution in [1.82, 2.24) is 20.4 Å². The van der Waals surface area contributed by atoms with Gasteiger partial charge in [-0.1, -0.05) is 62.4 Å². The Balaban J connectivity index is 2.20. The van der Waals surface area contributed by atoms with E-state index in [0.717, 1.165) is 37.7 Å². The monoisotopic (exact) mass is 594 g/mol. The number of nitrogens with zero attached hydrogens (tertiary/aromatic N) is 2. The lowest BCUT2D eigenvalue weighted by Gasteiger charge is -2.33. The second kappa shape index (κ2) is 19.0. The Morgan fingerprint density at radius 3 is 2.19 bits per heavy atom. The standard InChI is InChI=1S/C34H50N4O5/c1-6-14-28(34(43)36-29(32(41)30(39)15-7-2)23-26-18-12-9-13-19-26)35-33(42)27(22-25-16-10-8-11-17-25)24-31(40)38(5)21-20-37(3)4/h1-2,8,10-11,16-17,26-30,32,39,41H,9,12-15,18-24H2,3-5H3,(H,35,42)(H,36,43)/t27-,28+,29-,30+,32-/m0/s1. The molecule has 1 saturated carbocycles. The van der Waals surface area contributed by atoms with Gasteiger partial charge >= 0.3 is 0 Å². The van der Waals surface area contributed by atoms with Gasteiger partial charge in [-0.15, -0.1) is 24.7 Å². The normalized spacial score (nSPS) is 17.0. The zero-order chi connectivity index (χ0) is 31.8. The average molecular weight is 595 g/mol. The average Bonchev–Trinajstić information content (AvgIpc) is 2.99. The summed E-state index contributed by atoms with van der Waals surface area (Å²) in [6.45, 7) is 1.20. The molecule has 0 heterocycles. The summed E-state index contributed by atoms with van der Waals surface area (Å²) in [7, 11) is 5.56. The summed E-state index contributed by atoms with van der Waals surface area (Å²) in [6, 6.07) is 7.57. The summed E-state index contributed by atoms with van der Waals surface area (Å²) >= 11 is 0. The summed E-state index contributed by atoms with van der Waals surface area (Å²) in [5.74, 6) is 3.21. The van der Waals surface area contributed by atoms with Crippen LogP contribution in [0.15, 0.2) is 30.3 Å². The molecule has 236 valence electrons. The minimum Gasteiger partial charge on any atom is -0.389 e. The fraction of sp³-hybridized carbons (Fsp3) is 0.618. The van der Waals surface area contributed by atoms with Crippen molar-refractivity contribution in [3.05, 3.63) is 35.9 Å². The smallest absolute Gasteiger partial charge is 0.243 e. The van der Waals surface area contributed by atoms with Crippen LogP contribution in [0, 0.1) is 36.5 Å². The minimum atomic E-state index is -1.27. The van der Waals surface area contributed by atoms with Gasteiger partial charge in [-0.3, -0.25) is 14.4 Å². The summed E-state index contributed by atoms with van der Waals surface area (Å²) in [5, 5.41) is 27.0. The molecule has 2 rings (SSSR count). The first kappa shape index (κ1) is 35.8. The van der Waals surface area contributed by atoms with Crippen molar-refractivity contribution in [3.8, 4) is 24.7 Å². The molecular formula is C34H50N4O5. The zero-order valence-corrected chi connectivity index (χ0v) is 26.0. The predicted molar refractivity (Wildman–Crippen MR) is 168 cm³/mol. The number of hydrogen-bond donors (Lipinski definition) is 4. The van der Waals surface area contributed by atoms with Gasteiger partial charge in [0, 0.05) is 39.4 Å². The summed E-state index contributed by atoms with van der Waals surface area (Å²) < 4.78 is 0. The molecule has 9 heteroatoms. The highest BCUT2D eigenvalue weighted by Crippen LogP contribution is 2.28. The maximum Gasteiger partial charge on any atom is 0.243 e. The number of carbonyl (C=O) groups excluding carboxylic acids is 3. The van der Waals surface area contributed by atoms with Crippen LogP contribution in [0.4, 0.5) is 0 Å². The van der Waals surface area contributed by atoms with Gasteiger partial charge < -0.3 is 30.6 Å². The lowest BCUT2D eigenvalue weighted by atomic mass is 9.82. The Labute approximate surface area is 257 Å². The molecule has 0 aliphatic heterocycles. The molecule has 0 saturated heterocycles. The second-order valence-corrected chi connectivity index (χ2v) is 12.0. The Bertz CT molecular complexity index is 1090. The largest absolute Gasteiger partial charge is 0.389 e. The topological polar surface area (TPSA) is 122 Å². The van der Waals surface area contributed by atoms with E-state index >= 15 is 0 Å². The van der Waals surface area contributed by atoms with Crippen LogP contribution >= 0.6 is 0 Å². The number of likely N-dealkylation sites (N-methyl/N-ethyl adjacent to an activating group) is 2. The number of amides is 3. The number of terminal acetylenes is 2. The quantitative estimate of drug-likeness (QED) is 0.205. The summed E-state index contributed by atoms with van der Waals surface area (Å²) in [4.78, 5) is 43.8. The van der Waals surface area contributed by atoms with Crippen molar-refractivity contribution in [2.24, 2.45) is 11.8 Å². The minimum absolute atomic E-state index is 0.0314. The molecule has 1 fully saturated rings. The highest BCUT2D eigenvalue weighted by atomic mass is 16.3. The van der Waals surface area contributed by atoms with Crippen LogP contribution in [0.25, 0.3) is 0 Å². The first-order valence-electron chi connectivity index (χ1n) is 15.3. The fourth-order valence-corrected chi connectivity index (χ4v) is 5.47. The highest BCUT2D eigenvalue weighted by Gasteiger charge is 2.33. The van der Waals surface area contributed by atoms with E-state index in [2.05, 4.69) is 22.5 Å². The van der Waals surface area contributed by atoms with Crippen molar-refractivity contribution in [1.29, 1.82) is 0 Å². The van der Waals surface area contributed by atoms with E-state index in [-0.39, 0.29) is 31.1 Å². The Morgan fingerprint density at radius 1 is 0.930 bits per heavy atom. The SMILES string of the molecule is C#CC[C@@H](O)[C@@H](O)[C@H](CC1CCCCC1)NC(=O)[C@@H](CC#C)NC(=O)[C@H](CC(=O)N(C)CCN(C)C)Cc1ccccc1. The summed E-state index contributed by atoms with van der Waals surface area (Å²) in [5.41, 5.74) is 0.891. The van der Waals surface area contributed by atoms with Crippen LogP contribution in [0.3, 0.4) is 0 Å². The molecule has 0 radical (unpaired) electrons. The number of aliphatic hydroxyl groups is 2. The van der Waals surface area contributed by atoms with E-state index in [0.29, 0.717) is 25.9 Å². The second-order valence-electron chi connectivity index (χ2n) is 12.0. The Kier molecular flexibility index (Phi) is 15.8. The number of benzene rings is 1. The predicted octanol–water partition coefficient (Wildman–Crippen LogP) is 1.96. The van der Waals surface area contributed by atoms with Gasteiger partial charge in [0.05, 0.1) is 18.1 Å². The van der Waals surface area contributed by atoms with E-state index in [9.17, 15) is 24.6 Å². The molecule has 0 bridgehead atoms. The van der Waals surface area contributed by atoms with Gasteiger partial charge in [-0.2, -0.15) is 0 Å². The first-order valence-corrected chi connectivity index (χ1v) is 15.3. The van der Waals surface area contributed by atoms with Crippen molar-refractivity contribution >= 4 is 17.7 Å². The molecule has 0 spiro atoms. The number of nitrogens with one attached hydrogen (secondary N) is 2. The molecule has 4 N–H and O–H groups in total. The molecule has 9 nitrogen and oxygen atoms in total. The first-order chi connectivity index (χ1) is 20.5. The molecule has 1 aliphatic rings. The van der Waals surface area contributed by atoms with E-state index in [1.54, 1.807) is 11.9 Å². The van der Waals surface area contributed by atoms with Gasteiger partial charge in [-0.25, -0.2) is 0 Å². The van der Waals surface area contributed by atoms with Crippen LogP contribution in [-0.2, 0) is 20.8 Å². The molecule has 1 aliphatic carbocycles. The third-order valence-corrected chi connectivity index (χ3v) is 8.15. The lowest BCUT2D eigenvalue weighted by Crippen LogP contribution is -2.55. The maximum absolute atomic E-state index is 13.6. The molecule has 0 unspecified atom stereocenters. The van der Waals surface area contributed by atoms with Gasteiger partial charge in [0.1, 0.15) is 12.1 Å². The van der Waals surface area contributed by atoms with Crippen molar-refractivity contribution in [3.63, 3.8) is 0 Å².